The smallest absolute Gasteiger partial charge is 0.315 e. The minimum atomic E-state index is -1.10. The zero-order valence-electron chi connectivity index (χ0n) is 9.07. The average Bonchev–Trinajstić information content (AvgIpc) is 2.00. The van der Waals surface area contributed by atoms with Gasteiger partial charge in [-0.15, -0.1) is 0 Å². The Labute approximate surface area is 84.1 Å². The zero-order chi connectivity index (χ0) is 11.3. The Balaban J connectivity index is 3.99. The Bertz CT molecular complexity index is 216. The van der Waals surface area contributed by atoms with E-state index in [0.29, 0.717) is 6.54 Å². The van der Waals surface area contributed by atoms with Crippen molar-refractivity contribution in [3.8, 4) is 0 Å². The first kappa shape index (κ1) is 12.9. The SMILES string of the molecule is CC(CN(C)C)NC(=O)C(C)C(=O)O. The van der Waals surface area contributed by atoms with Crippen LogP contribution in [0.1, 0.15) is 13.8 Å². The van der Waals surface area contributed by atoms with Crippen LogP contribution in [-0.4, -0.2) is 48.6 Å². The molecular formula is C9H18N2O3. The Morgan fingerprint density at radius 2 is 1.86 bits per heavy atom. The molecule has 5 nitrogen and oxygen atoms in total. The molecule has 14 heavy (non-hydrogen) atoms. The fourth-order valence-corrected chi connectivity index (χ4v) is 1.07. The molecule has 82 valence electrons. The molecule has 0 bridgehead atoms. The maximum absolute atomic E-state index is 11.3. The number of aliphatic carboxylic acids is 1. The van der Waals surface area contributed by atoms with Crippen molar-refractivity contribution in [3.63, 3.8) is 0 Å². The maximum Gasteiger partial charge on any atom is 0.315 e. The van der Waals surface area contributed by atoms with Crippen molar-refractivity contribution in [3.05, 3.63) is 0 Å². The normalized spacial score (nSPS) is 14.9. The third-order valence-corrected chi connectivity index (χ3v) is 1.79. The molecule has 0 aliphatic rings. The number of carboxylic acid groups (broad SMARTS) is 1. The van der Waals surface area contributed by atoms with Gasteiger partial charge >= 0.3 is 5.97 Å². The number of hydrogen-bond donors (Lipinski definition) is 2. The average molecular weight is 202 g/mol. The molecule has 0 aliphatic heterocycles. The lowest BCUT2D eigenvalue weighted by atomic mass is 10.1. The molecule has 0 fully saturated rings. The quantitative estimate of drug-likeness (QED) is 0.604. The summed E-state index contributed by atoms with van der Waals surface area (Å²) in [4.78, 5) is 23.7. The number of carboxylic acids is 1. The number of carbonyl (C=O) groups is 2. The monoisotopic (exact) mass is 202 g/mol. The van der Waals surface area contributed by atoms with Crippen LogP contribution in [0.25, 0.3) is 0 Å². The minimum Gasteiger partial charge on any atom is -0.481 e. The van der Waals surface area contributed by atoms with Gasteiger partial charge in [-0.25, -0.2) is 0 Å². The van der Waals surface area contributed by atoms with E-state index in [1.54, 1.807) is 0 Å². The summed E-state index contributed by atoms with van der Waals surface area (Å²) in [5, 5.41) is 11.2. The summed E-state index contributed by atoms with van der Waals surface area (Å²) in [6.45, 7) is 3.91. The second-order valence-corrected chi connectivity index (χ2v) is 3.73. The lowest BCUT2D eigenvalue weighted by Crippen LogP contribution is -2.43. The highest BCUT2D eigenvalue weighted by Crippen LogP contribution is 1.96. The first-order chi connectivity index (χ1) is 6.34. The molecule has 2 N–H and O–H groups in total. The van der Waals surface area contributed by atoms with E-state index in [4.69, 9.17) is 5.11 Å². The molecule has 0 aliphatic carbocycles. The summed E-state index contributed by atoms with van der Waals surface area (Å²) in [6, 6.07) is -0.0423. The molecule has 0 aromatic carbocycles. The number of rotatable bonds is 5. The summed E-state index contributed by atoms with van der Waals surface area (Å²) < 4.78 is 0. The zero-order valence-corrected chi connectivity index (χ0v) is 9.07. The molecule has 0 saturated carbocycles. The Hall–Kier alpha value is -1.10. The van der Waals surface area contributed by atoms with E-state index in [9.17, 15) is 9.59 Å². The number of likely N-dealkylation sites (N-methyl/N-ethyl adjacent to an activating group) is 1. The fraction of sp³-hybridized carbons (Fsp3) is 0.778. The summed E-state index contributed by atoms with van der Waals surface area (Å²) in [5.41, 5.74) is 0. The van der Waals surface area contributed by atoms with Gasteiger partial charge in [-0.1, -0.05) is 0 Å². The van der Waals surface area contributed by atoms with Crippen LogP contribution in [0, 0.1) is 5.92 Å². The lowest BCUT2D eigenvalue weighted by Gasteiger charge is -2.19. The van der Waals surface area contributed by atoms with Gasteiger partial charge in [0.05, 0.1) is 0 Å². The van der Waals surface area contributed by atoms with Gasteiger partial charge in [-0.05, 0) is 27.9 Å². The summed E-state index contributed by atoms with van der Waals surface area (Å²) >= 11 is 0. The lowest BCUT2D eigenvalue weighted by molar-refractivity contribution is -0.146. The predicted molar refractivity (Wildman–Crippen MR) is 53.0 cm³/mol. The topological polar surface area (TPSA) is 69.6 Å². The van der Waals surface area contributed by atoms with Crippen LogP contribution in [0.2, 0.25) is 0 Å². The molecule has 0 radical (unpaired) electrons. The summed E-state index contributed by atoms with van der Waals surface area (Å²) in [6.07, 6.45) is 0. The molecular weight excluding hydrogens is 184 g/mol. The van der Waals surface area contributed by atoms with E-state index in [0.717, 1.165) is 0 Å². The van der Waals surface area contributed by atoms with E-state index < -0.39 is 17.8 Å². The third-order valence-electron chi connectivity index (χ3n) is 1.79. The van der Waals surface area contributed by atoms with Crippen molar-refractivity contribution in [2.24, 2.45) is 5.92 Å². The Morgan fingerprint density at radius 3 is 2.21 bits per heavy atom. The third kappa shape index (κ3) is 4.81. The van der Waals surface area contributed by atoms with Crippen LogP contribution in [0.15, 0.2) is 0 Å². The summed E-state index contributed by atoms with van der Waals surface area (Å²) in [5.74, 6) is -2.52. The van der Waals surface area contributed by atoms with Gasteiger partial charge in [0.25, 0.3) is 0 Å². The van der Waals surface area contributed by atoms with Gasteiger partial charge in [0.1, 0.15) is 5.92 Å². The van der Waals surface area contributed by atoms with E-state index in [1.165, 1.54) is 6.92 Å². The van der Waals surface area contributed by atoms with Gasteiger partial charge in [0.15, 0.2) is 0 Å². The maximum atomic E-state index is 11.3. The van der Waals surface area contributed by atoms with Crippen LogP contribution in [0.3, 0.4) is 0 Å². The van der Waals surface area contributed by atoms with Gasteiger partial charge in [0, 0.05) is 12.6 Å². The molecule has 1 amide bonds. The van der Waals surface area contributed by atoms with E-state index >= 15 is 0 Å². The van der Waals surface area contributed by atoms with Crippen LogP contribution in [-0.2, 0) is 9.59 Å². The summed E-state index contributed by atoms with van der Waals surface area (Å²) in [7, 11) is 3.78. The largest absolute Gasteiger partial charge is 0.481 e. The molecule has 0 heterocycles. The van der Waals surface area contributed by atoms with E-state index in [1.807, 2.05) is 25.9 Å². The Kier molecular flexibility index (Phi) is 5.15. The Morgan fingerprint density at radius 1 is 1.36 bits per heavy atom. The number of amides is 1. The molecule has 2 unspecified atom stereocenters. The highest BCUT2D eigenvalue weighted by Gasteiger charge is 2.21. The van der Waals surface area contributed by atoms with Crippen molar-refractivity contribution in [1.29, 1.82) is 0 Å². The highest BCUT2D eigenvalue weighted by molar-refractivity contribution is 5.96. The van der Waals surface area contributed by atoms with E-state index in [2.05, 4.69) is 5.32 Å². The van der Waals surface area contributed by atoms with Crippen molar-refractivity contribution in [2.45, 2.75) is 19.9 Å². The molecule has 0 rings (SSSR count). The molecule has 0 aromatic rings. The minimum absolute atomic E-state index is 0.0423. The highest BCUT2D eigenvalue weighted by atomic mass is 16.4. The molecule has 5 heteroatoms. The van der Waals surface area contributed by atoms with Crippen molar-refractivity contribution in [1.82, 2.24) is 10.2 Å². The molecule has 0 aromatic heterocycles. The molecule has 2 atom stereocenters. The second kappa shape index (κ2) is 5.59. The molecule has 0 saturated heterocycles. The number of carbonyl (C=O) groups excluding carboxylic acids is 1. The van der Waals surface area contributed by atoms with Crippen molar-refractivity contribution < 1.29 is 14.7 Å². The van der Waals surface area contributed by atoms with Crippen molar-refractivity contribution >= 4 is 11.9 Å². The van der Waals surface area contributed by atoms with Crippen LogP contribution >= 0.6 is 0 Å². The predicted octanol–water partition coefficient (Wildman–Crippen LogP) is -0.227. The first-order valence-electron chi connectivity index (χ1n) is 4.52. The van der Waals surface area contributed by atoms with Crippen LogP contribution in [0.4, 0.5) is 0 Å². The van der Waals surface area contributed by atoms with E-state index in [-0.39, 0.29) is 6.04 Å². The van der Waals surface area contributed by atoms with Crippen LogP contribution < -0.4 is 5.32 Å². The van der Waals surface area contributed by atoms with Gasteiger partial charge in [0.2, 0.25) is 5.91 Å². The van der Waals surface area contributed by atoms with Crippen molar-refractivity contribution in [2.75, 3.05) is 20.6 Å². The standard InChI is InChI=1S/C9H18N2O3/c1-6(5-11(3)4)10-8(12)7(2)9(13)14/h6-7H,5H2,1-4H3,(H,10,12)(H,13,14). The van der Waals surface area contributed by atoms with Crippen LogP contribution in [0.5, 0.6) is 0 Å². The fourth-order valence-electron chi connectivity index (χ4n) is 1.07. The van der Waals surface area contributed by atoms with Gasteiger partial charge in [-0.3, -0.25) is 9.59 Å². The number of nitrogens with one attached hydrogen (secondary N) is 1. The first-order valence-corrected chi connectivity index (χ1v) is 4.52. The van der Waals surface area contributed by atoms with Gasteiger partial charge < -0.3 is 15.3 Å². The number of nitrogens with zero attached hydrogens (tertiary/aromatic N) is 1. The second-order valence-electron chi connectivity index (χ2n) is 3.73. The number of hydrogen-bond acceptors (Lipinski definition) is 3. The van der Waals surface area contributed by atoms with Gasteiger partial charge in [-0.2, -0.15) is 0 Å². The molecule has 0 spiro atoms.